The molecule has 1 aliphatic rings. The number of sulfone groups is 1. The summed E-state index contributed by atoms with van der Waals surface area (Å²) in [5.74, 6) is 0. The van der Waals surface area contributed by atoms with E-state index in [1.54, 1.807) is 12.1 Å². The van der Waals surface area contributed by atoms with Crippen LogP contribution in [-0.4, -0.2) is 27.8 Å². The fourth-order valence-corrected chi connectivity index (χ4v) is 3.71. The van der Waals surface area contributed by atoms with Gasteiger partial charge >= 0.3 is 0 Å². The van der Waals surface area contributed by atoms with Crippen LogP contribution in [-0.2, 0) is 9.84 Å². The van der Waals surface area contributed by atoms with Crippen LogP contribution in [0.15, 0.2) is 23.1 Å². The molecule has 0 heterocycles. The molecule has 5 heteroatoms. The molecule has 4 nitrogen and oxygen atoms in total. The molecular formula is C16H26N2O2S. The van der Waals surface area contributed by atoms with Crippen LogP contribution in [0.4, 0.5) is 11.4 Å². The Morgan fingerprint density at radius 1 is 1.24 bits per heavy atom. The van der Waals surface area contributed by atoms with Crippen molar-refractivity contribution in [2.24, 2.45) is 5.41 Å². The first-order chi connectivity index (χ1) is 9.60. The zero-order chi connectivity index (χ0) is 15.8. The summed E-state index contributed by atoms with van der Waals surface area (Å²) in [5.41, 5.74) is 7.96. The Bertz CT molecular complexity index is 613. The predicted octanol–water partition coefficient (Wildman–Crippen LogP) is 3.08. The first-order valence-electron chi connectivity index (χ1n) is 7.43. The summed E-state index contributed by atoms with van der Waals surface area (Å²) in [6, 6.07) is 5.51. The van der Waals surface area contributed by atoms with Crippen molar-refractivity contribution in [2.45, 2.75) is 50.5 Å². The molecule has 1 aliphatic carbocycles. The van der Waals surface area contributed by atoms with Gasteiger partial charge in [-0.3, -0.25) is 0 Å². The highest BCUT2D eigenvalue weighted by Gasteiger charge is 2.29. The highest BCUT2D eigenvalue weighted by atomic mass is 32.2. The van der Waals surface area contributed by atoms with E-state index in [-0.39, 0.29) is 4.90 Å². The minimum Gasteiger partial charge on any atom is -0.397 e. The zero-order valence-corrected chi connectivity index (χ0v) is 14.2. The normalized spacial score (nSPS) is 19.4. The number of nitrogens with zero attached hydrogens (tertiary/aromatic N) is 1. The summed E-state index contributed by atoms with van der Waals surface area (Å²) in [7, 11) is -1.16. The van der Waals surface area contributed by atoms with E-state index in [0.29, 0.717) is 17.1 Å². The predicted molar refractivity (Wildman–Crippen MR) is 88.4 cm³/mol. The van der Waals surface area contributed by atoms with Crippen molar-refractivity contribution >= 4 is 21.2 Å². The van der Waals surface area contributed by atoms with Crippen LogP contribution in [0.3, 0.4) is 0 Å². The Morgan fingerprint density at radius 3 is 2.29 bits per heavy atom. The van der Waals surface area contributed by atoms with Crippen LogP contribution in [0, 0.1) is 5.41 Å². The lowest BCUT2D eigenvalue weighted by molar-refractivity contribution is 0.222. The number of nitrogens with two attached hydrogens (primary N) is 1. The Balaban J connectivity index is 2.19. The molecule has 1 aromatic carbocycles. The largest absolute Gasteiger partial charge is 0.397 e. The van der Waals surface area contributed by atoms with Crippen molar-refractivity contribution in [1.29, 1.82) is 0 Å². The third-order valence-corrected chi connectivity index (χ3v) is 5.77. The molecule has 2 rings (SSSR count). The van der Waals surface area contributed by atoms with Gasteiger partial charge in [0.1, 0.15) is 0 Å². The maximum Gasteiger partial charge on any atom is 0.175 e. The van der Waals surface area contributed by atoms with Crippen molar-refractivity contribution in [2.75, 3.05) is 23.9 Å². The SMILES string of the molecule is CN(c1ccc(S(C)(=O)=O)cc1N)C1CCC(C)(C)CC1. The van der Waals surface area contributed by atoms with Crippen molar-refractivity contribution in [1.82, 2.24) is 0 Å². The maximum absolute atomic E-state index is 11.6. The van der Waals surface area contributed by atoms with Gasteiger partial charge in [-0.25, -0.2) is 8.42 Å². The lowest BCUT2D eigenvalue weighted by atomic mass is 9.75. The quantitative estimate of drug-likeness (QED) is 0.871. The number of benzene rings is 1. The first kappa shape index (κ1) is 16.1. The Labute approximate surface area is 128 Å². The van der Waals surface area contributed by atoms with E-state index in [9.17, 15) is 8.42 Å². The molecule has 1 aromatic rings. The summed E-state index contributed by atoms with van der Waals surface area (Å²) < 4.78 is 23.1. The standard InChI is InChI=1S/C16H26N2O2S/c1-16(2)9-7-12(8-10-16)18(3)15-6-5-13(11-14(15)17)21(4,19)20/h5-6,11-12H,7-10,17H2,1-4H3. The molecule has 0 atom stereocenters. The summed E-state index contributed by atoms with van der Waals surface area (Å²) >= 11 is 0. The number of nitrogen functional groups attached to an aromatic ring is 1. The van der Waals surface area contributed by atoms with E-state index in [4.69, 9.17) is 5.73 Å². The molecule has 0 aliphatic heterocycles. The molecule has 1 fully saturated rings. The van der Waals surface area contributed by atoms with Gasteiger partial charge in [-0.15, -0.1) is 0 Å². The molecule has 21 heavy (non-hydrogen) atoms. The van der Waals surface area contributed by atoms with Crippen molar-refractivity contribution in [3.05, 3.63) is 18.2 Å². The van der Waals surface area contributed by atoms with Crippen LogP contribution in [0.2, 0.25) is 0 Å². The van der Waals surface area contributed by atoms with Crippen LogP contribution >= 0.6 is 0 Å². The van der Waals surface area contributed by atoms with Crippen LogP contribution in [0.1, 0.15) is 39.5 Å². The Hall–Kier alpha value is -1.23. The van der Waals surface area contributed by atoms with E-state index in [0.717, 1.165) is 18.5 Å². The molecule has 0 unspecified atom stereocenters. The van der Waals surface area contributed by atoms with Gasteiger partial charge < -0.3 is 10.6 Å². The fourth-order valence-electron chi connectivity index (χ4n) is 3.05. The van der Waals surface area contributed by atoms with Gasteiger partial charge in [0.05, 0.1) is 16.3 Å². The van der Waals surface area contributed by atoms with Crippen molar-refractivity contribution in [3.63, 3.8) is 0 Å². The molecule has 0 radical (unpaired) electrons. The highest BCUT2D eigenvalue weighted by molar-refractivity contribution is 7.90. The minimum absolute atomic E-state index is 0.280. The van der Waals surface area contributed by atoms with Crippen molar-refractivity contribution < 1.29 is 8.42 Å². The highest BCUT2D eigenvalue weighted by Crippen LogP contribution is 2.38. The van der Waals surface area contributed by atoms with Crippen molar-refractivity contribution in [3.8, 4) is 0 Å². The van der Waals surface area contributed by atoms with E-state index in [2.05, 4.69) is 25.8 Å². The maximum atomic E-state index is 11.6. The summed E-state index contributed by atoms with van der Waals surface area (Å²) in [6.45, 7) is 4.64. The topological polar surface area (TPSA) is 63.4 Å². The van der Waals surface area contributed by atoms with Crippen LogP contribution in [0.25, 0.3) is 0 Å². The van der Waals surface area contributed by atoms with E-state index in [1.165, 1.54) is 19.1 Å². The fraction of sp³-hybridized carbons (Fsp3) is 0.625. The van der Waals surface area contributed by atoms with Gasteiger partial charge in [0, 0.05) is 19.3 Å². The molecular weight excluding hydrogens is 284 g/mol. The number of hydrogen-bond acceptors (Lipinski definition) is 4. The molecule has 2 N–H and O–H groups in total. The number of anilines is 2. The monoisotopic (exact) mass is 310 g/mol. The second-order valence-electron chi connectivity index (χ2n) is 7.00. The molecule has 0 spiro atoms. The summed E-state index contributed by atoms with van der Waals surface area (Å²) in [5, 5.41) is 0. The second kappa shape index (κ2) is 5.52. The minimum atomic E-state index is -3.21. The average molecular weight is 310 g/mol. The smallest absolute Gasteiger partial charge is 0.175 e. The van der Waals surface area contributed by atoms with E-state index in [1.807, 2.05) is 6.07 Å². The molecule has 1 saturated carbocycles. The average Bonchev–Trinajstić information content (AvgIpc) is 2.36. The molecule has 118 valence electrons. The van der Waals surface area contributed by atoms with Gasteiger partial charge in [0.25, 0.3) is 0 Å². The molecule has 0 amide bonds. The third-order valence-electron chi connectivity index (χ3n) is 4.66. The van der Waals surface area contributed by atoms with Gasteiger partial charge in [-0.2, -0.15) is 0 Å². The lowest BCUT2D eigenvalue weighted by Gasteiger charge is -2.40. The van der Waals surface area contributed by atoms with Gasteiger partial charge in [-0.05, 0) is 49.3 Å². The zero-order valence-electron chi connectivity index (χ0n) is 13.4. The number of rotatable bonds is 3. The first-order valence-corrected chi connectivity index (χ1v) is 9.32. The van der Waals surface area contributed by atoms with Gasteiger partial charge in [0.2, 0.25) is 0 Å². The van der Waals surface area contributed by atoms with Gasteiger partial charge in [-0.1, -0.05) is 13.8 Å². The molecule has 0 aromatic heterocycles. The Kier molecular flexibility index (Phi) is 4.24. The van der Waals surface area contributed by atoms with E-state index >= 15 is 0 Å². The van der Waals surface area contributed by atoms with Gasteiger partial charge in [0.15, 0.2) is 9.84 Å². The Morgan fingerprint density at radius 2 is 1.81 bits per heavy atom. The molecule has 0 bridgehead atoms. The third kappa shape index (κ3) is 3.70. The molecule has 0 saturated heterocycles. The van der Waals surface area contributed by atoms with Crippen LogP contribution in [0.5, 0.6) is 0 Å². The summed E-state index contributed by atoms with van der Waals surface area (Å²) in [4.78, 5) is 2.48. The lowest BCUT2D eigenvalue weighted by Crippen LogP contribution is -2.37. The van der Waals surface area contributed by atoms with E-state index < -0.39 is 9.84 Å². The second-order valence-corrected chi connectivity index (χ2v) is 9.01. The summed E-state index contributed by atoms with van der Waals surface area (Å²) in [6.07, 6.45) is 5.93. The number of hydrogen-bond donors (Lipinski definition) is 1. The van der Waals surface area contributed by atoms with Crippen LogP contribution < -0.4 is 10.6 Å².